The highest BCUT2D eigenvalue weighted by molar-refractivity contribution is 5.15. The number of hydrogen-bond donors (Lipinski definition) is 0. The highest BCUT2D eigenvalue weighted by Crippen LogP contribution is 2.17. The molecule has 0 bridgehead atoms. The van der Waals surface area contributed by atoms with Gasteiger partial charge in [0.25, 0.3) is 0 Å². The zero-order valence-corrected chi connectivity index (χ0v) is 10.4. The molecule has 1 rings (SSSR count). The number of rotatable bonds is 5. The average Bonchev–Trinajstić information content (AvgIpc) is 2.17. The van der Waals surface area contributed by atoms with Crippen LogP contribution in [0.3, 0.4) is 0 Å². The van der Waals surface area contributed by atoms with E-state index in [2.05, 4.69) is 63.2 Å². The third-order valence-corrected chi connectivity index (χ3v) is 2.88. The van der Waals surface area contributed by atoms with Crippen molar-refractivity contribution in [2.45, 2.75) is 20.3 Å². The molecule has 1 nitrogen and oxygen atoms in total. The number of hydrogen-bond acceptors (Lipinski definition) is 1. The van der Waals surface area contributed by atoms with Crippen molar-refractivity contribution in [2.24, 2.45) is 11.8 Å². The van der Waals surface area contributed by atoms with Crippen LogP contribution in [-0.2, 0) is 6.42 Å². The van der Waals surface area contributed by atoms with E-state index in [1.54, 1.807) is 0 Å². The molecule has 0 aliphatic rings. The van der Waals surface area contributed by atoms with Crippen molar-refractivity contribution in [1.82, 2.24) is 4.90 Å². The third-order valence-electron chi connectivity index (χ3n) is 2.88. The van der Waals surface area contributed by atoms with Gasteiger partial charge in [-0.05, 0) is 37.9 Å². The van der Waals surface area contributed by atoms with Crippen LogP contribution in [0.2, 0.25) is 0 Å². The van der Waals surface area contributed by atoms with E-state index in [1.807, 2.05) is 0 Å². The van der Waals surface area contributed by atoms with Gasteiger partial charge in [0, 0.05) is 6.54 Å². The molecule has 1 heteroatoms. The van der Waals surface area contributed by atoms with Gasteiger partial charge >= 0.3 is 0 Å². The predicted octanol–water partition coefficient (Wildman–Crippen LogP) is 3.06. The van der Waals surface area contributed by atoms with Crippen molar-refractivity contribution >= 4 is 0 Å². The van der Waals surface area contributed by atoms with Gasteiger partial charge in [0.1, 0.15) is 0 Å². The summed E-state index contributed by atoms with van der Waals surface area (Å²) in [6, 6.07) is 10.8. The summed E-state index contributed by atoms with van der Waals surface area (Å²) in [6.07, 6.45) is 1.19. The fourth-order valence-corrected chi connectivity index (χ4v) is 1.90. The lowest BCUT2D eigenvalue weighted by molar-refractivity contribution is 0.267. The minimum Gasteiger partial charge on any atom is -0.309 e. The molecular weight excluding hydrogens is 182 g/mol. The van der Waals surface area contributed by atoms with E-state index in [0.717, 1.165) is 11.8 Å². The van der Waals surface area contributed by atoms with E-state index < -0.39 is 0 Å². The summed E-state index contributed by atoms with van der Waals surface area (Å²) in [6.45, 7) is 5.81. The molecule has 0 saturated heterocycles. The summed E-state index contributed by atoms with van der Waals surface area (Å²) in [4.78, 5) is 2.29. The molecule has 1 aromatic rings. The van der Waals surface area contributed by atoms with Crippen LogP contribution in [-0.4, -0.2) is 25.5 Å². The second-order valence-electron chi connectivity index (χ2n) is 4.96. The van der Waals surface area contributed by atoms with E-state index in [9.17, 15) is 0 Å². The minimum absolute atomic E-state index is 0.743. The van der Waals surface area contributed by atoms with Gasteiger partial charge in [-0.1, -0.05) is 44.2 Å². The maximum absolute atomic E-state index is 2.32. The first-order valence-electron chi connectivity index (χ1n) is 5.78. The van der Waals surface area contributed by atoms with Crippen LogP contribution in [0.4, 0.5) is 0 Å². The van der Waals surface area contributed by atoms with Gasteiger partial charge in [0.05, 0.1) is 0 Å². The van der Waals surface area contributed by atoms with E-state index >= 15 is 0 Å². The third kappa shape index (κ3) is 4.48. The maximum Gasteiger partial charge on any atom is 0.000919 e. The summed E-state index contributed by atoms with van der Waals surface area (Å²) in [5.74, 6) is 1.50. The summed E-state index contributed by atoms with van der Waals surface area (Å²) in [7, 11) is 4.31. The van der Waals surface area contributed by atoms with E-state index in [-0.39, 0.29) is 0 Å². The number of nitrogens with zero attached hydrogens (tertiary/aromatic N) is 1. The first-order valence-corrected chi connectivity index (χ1v) is 5.78. The van der Waals surface area contributed by atoms with E-state index in [4.69, 9.17) is 0 Å². The standard InChI is InChI=1S/C14H23N/c1-12(2)14(11-15(3)4)10-13-8-6-5-7-9-13/h5-9,12,14H,10-11H2,1-4H3. The Balaban J connectivity index is 2.59. The van der Waals surface area contributed by atoms with Gasteiger partial charge in [-0.2, -0.15) is 0 Å². The smallest absolute Gasteiger partial charge is 0.000919 e. The quantitative estimate of drug-likeness (QED) is 0.714. The van der Waals surface area contributed by atoms with Crippen LogP contribution in [0.5, 0.6) is 0 Å². The molecular formula is C14H23N. The Kier molecular flexibility index (Phi) is 4.83. The Morgan fingerprint density at radius 3 is 2.13 bits per heavy atom. The summed E-state index contributed by atoms with van der Waals surface area (Å²) < 4.78 is 0. The summed E-state index contributed by atoms with van der Waals surface area (Å²) >= 11 is 0. The molecule has 0 aromatic heterocycles. The normalized spacial score (nSPS) is 13.5. The fraction of sp³-hybridized carbons (Fsp3) is 0.571. The molecule has 0 fully saturated rings. The van der Waals surface area contributed by atoms with Gasteiger partial charge in [0.15, 0.2) is 0 Å². The van der Waals surface area contributed by atoms with Gasteiger partial charge in [-0.25, -0.2) is 0 Å². The Hall–Kier alpha value is -0.820. The second-order valence-corrected chi connectivity index (χ2v) is 4.96. The first-order chi connectivity index (χ1) is 7.09. The summed E-state index contributed by atoms with van der Waals surface area (Å²) in [5.41, 5.74) is 1.46. The zero-order valence-electron chi connectivity index (χ0n) is 10.4. The van der Waals surface area contributed by atoms with Gasteiger partial charge in [0.2, 0.25) is 0 Å². The Morgan fingerprint density at radius 1 is 1.07 bits per heavy atom. The number of benzene rings is 1. The van der Waals surface area contributed by atoms with Crippen molar-refractivity contribution in [1.29, 1.82) is 0 Å². The molecule has 0 N–H and O–H groups in total. The fourth-order valence-electron chi connectivity index (χ4n) is 1.90. The lowest BCUT2D eigenvalue weighted by atomic mass is 9.89. The van der Waals surface area contributed by atoms with Crippen LogP contribution >= 0.6 is 0 Å². The molecule has 0 saturated carbocycles. The molecule has 84 valence electrons. The predicted molar refractivity (Wildman–Crippen MR) is 67.0 cm³/mol. The molecule has 0 aliphatic heterocycles. The van der Waals surface area contributed by atoms with Crippen molar-refractivity contribution in [2.75, 3.05) is 20.6 Å². The Bertz CT molecular complexity index is 264. The molecule has 15 heavy (non-hydrogen) atoms. The van der Waals surface area contributed by atoms with Crippen molar-refractivity contribution in [3.05, 3.63) is 35.9 Å². The van der Waals surface area contributed by atoms with Crippen molar-refractivity contribution in [3.63, 3.8) is 0 Å². The van der Waals surface area contributed by atoms with Crippen LogP contribution in [0.1, 0.15) is 19.4 Å². The molecule has 0 aliphatic carbocycles. The highest BCUT2D eigenvalue weighted by Gasteiger charge is 2.14. The SMILES string of the molecule is CC(C)C(Cc1ccccc1)CN(C)C. The topological polar surface area (TPSA) is 3.24 Å². The summed E-state index contributed by atoms with van der Waals surface area (Å²) in [5, 5.41) is 0. The zero-order chi connectivity index (χ0) is 11.3. The van der Waals surface area contributed by atoms with Gasteiger partial charge in [-0.3, -0.25) is 0 Å². The van der Waals surface area contributed by atoms with E-state index in [1.165, 1.54) is 18.5 Å². The second kappa shape index (κ2) is 5.92. The van der Waals surface area contributed by atoms with Crippen molar-refractivity contribution in [3.8, 4) is 0 Å². The monoisotopic (exact) mass is 205 g/mol. The molecule has 0 amide bonds. The van der Waals surface area contributed by atoms with Crippen LogP contribution in [0, 0.1) is 11.8 Å². The lowest BCUT2D eigenvalue weighted by Gasteiger charge is -2.24. The van der Waals surface area contributed by atoms with Gasteiger partial charge in [-0.15, -0.1) is 0 Å². The Morgan fingerprint density at radius 2 is 1.67 bits per heavy atom. The van der Waals surface area contributed by atoms with E-state index in [0.29, 0.717) is 0 Å². The molecule has 1 aromatic carbocycles. The molecule has 1 unspecified atom stereocenters. The molecule has 0 spiro atoms. The average molecular weight is 205 g/mol. The first kappa shape index (κ1) is 12.3. The maximum atomic E-state index is 2.32. The van der Waals surface area contributed by atoms with Crippen LogP contribution in [0.15, 0.2) is 30.3 Å². The Labute approximate surface area is 94.1 Å². The van der Waals surface area contributed by atoms with Gasteiger partial charge < -0.3 is 4.90 Å². The highest BCUT2D eigenvalue weighted by atomic mass is 15.1. The van der Waals surface area contributed by atoms with Crippen LogP contribution in [0.25, 0.3) is 0 Å². The van der Waals surface area contributed by atoms with Crippen LogP contribution < -0.4 is 0 Å². The molecule has 1 atom stereocenters. The largest absolute Gasteiger partial charge is 0.309 e. The molecule has 0 radical (unpaired) electrons. The minimum atomic E-state index is 0.743. The lowest BCUT2D eigenvalue weighted by Crippen LogP contribution is -2.26. The molecule has 0 heterocycles. The van der Waals surface area contributed by atoms with Crippen molar-refractivity contribution < 1.29 is 0 Å².